The third-order valence-electron chi connectivity index (χ3n) is 3.18. The maximum atomic E-state index is 11.6. The van der Waals surface area contributed by atoms with Crippen molar-refractivity contribution in [3.63, 3.8) is 0 Å². The Kier molecular flexibility index (Phi) is 4.71. The SMILES string of the molecule is O=C(NCC=Cc1cnc2[nH]c(=O)oc2c1)OCc1ccccc1. The number of amides is 1. The number of carbonyl (C=O) groups excluding carboxylic acids is 1. The molecule has 0 saturated heterocycles. The van der Waals surface area contributed by atoms with Crippen LogP contribution in [-0.4, -0.2) is 22.6 Å². The van der Waals surface area contributed by atoms with Gasteiger partial charge < -0.3 is 14.5 Å². The largest absolute Gasteiger partial charge is 0.445 e. The Balaban J connectivity index is 1.47. The summed E-state index contributed by atoms with van der Waals surface area (Å²) in [6, 6.07) is 11.1. The molecule has 0 fully saturated rings. The van der Waals surface area contributed by atoms with Crippen LogP contribution in [0.5, 0.6) is 0 Å². The molecule has 0 spiro atoms. The lowest BCUT2D eigenvalue weighted by atomic mass is 10.2. The molecule has 0 saturated carbocycles. The van der Waals surface area contributed by atoms with E-state index in [4.69, 9.17) is 9.15 Å². The predicted octanol–water partition coefficient (Wildman–Crippen LogP) is 2.46. The van der Waals surface area contributed by atoms with Gasteiger partial charge in [-0.2, -0.15) is 0 Å². The molecule has 7 nitrogen and oxygen atoms in total. The van der Waals surface area contributed by atoms with Gasteiger partial charge in [0.25, 0.3) is 0 Å². The average molecular weight is 325 g/mol. The van der Waals surface area contributed by atoms with Gasteiger partial charge in [-0.25, -0.2) is 14.6 Å². The van der Waals surface area contributed by atoms with E-state index in [0.717, 1.165) is 11.1 Å². The van der Waals surface area contributed by atoms with Gasteiger partial charge in [0.05, 0.1) is 0 Å². The van der Waals surface area contributed by atoms with Gasteiger partial charge >= 0.3 is 11.8 Å². The molecule has 2 heterocycles. The fourth-order valence-electron chi connectivity index (χ4n) is 2.06. The first-order valence-electron chi connectivity index (χ1n) is 7.31. The minimum Gasteiger partial charge on any atom is -0.445 e. The molecule has 24 heavy (non-hydrogen) atoms. The number of oxazole rings is 1. The van der Waals surface area contributed by atoms with Gasteiger partial charge in [-0.1, -0.05) is 42.5 Å². The summed E-state index contributed by atoms with van der Waals surface area (Å²) >= 11 is 0. The van der Waals surface area contributed by atoms with E-state index in [0.29, 0.717) is 17.8 Å². The van der Waals surface area contributed by atoms with Gasteiger partial charge in [-0.15, -0.1) is 0 Å². The highest BCUT2D eigenvalue weighted by Crippen LogP contribution is 2.10. The van der Waals surface area contributed by atoms with Crippen LogP contribution in [0.15, 0.2) is 57.9 Å². The lowest BCUT2D eigenvalue weighted by Crippen LogP contribution is -2.24. The van der Waals surface area contributed by atoms with E-state index in [-0.39, 0.29) is 6.61 Å². The van der Waals surface area contributed by atoms with Gasteiger partial charge in [-0.3, -0.25) is 4.98 Å². The number of nitrogens with zero attached hydrogens (tertiary/aromatic N) is 1. The molecule has 3 rings (SSSR count). The van der Waals surface area contributed by atoms with Crippen molar-refractivity contribution in [2.24, 2.45) is 0 Å². The number of carbonyl (C=O) groups is 1. The first-order chi connectivity index (χ1) is 11.7. The molecular formula is C17H15N3O4. The minimum absolute atomic E-state index is 0.226. The Bertz CT molecular complexity index is 912. The van der Waals surface area contributed by atoms with Crippen LogP contribution in [0.25, 0.3) is 17.3 Å². The average Bonchev–Trinajstić information content (AvgIpc) is 2.97. The fourth-order valence-corrected chi connectivity index (χ4v) is 2.06. The molecule has 7 heteroatoms. The number of alkyl carbamates (subject to hydrolysis) is 1. The molecule has 0 radical (unpaired) electrons. The highest BCUT2D eigenvalue weighted by atomic mass is 16.5. The number of aromatic amines is 1. The van der Waals surface area contributed by atoms with Crippen molar-refractivity contribution in [3.05, 3.63) is 70.3 Å². The second kappa shape index (κ2) is 7.28. The highest BCUT2D eigenvalue weighted by Gasteiger charge is 2.02. The van der Waals surface area contributed by atoms with Crippen molar-refractivity contribution >= 4 is 23.4 Å². The number of rotatable bonds is 5. The molecule has 0 aliphatic carbocycles. The van der Waals surface area contributed by atoms with Gasteiger partial charge in [0.1, 0.15) is 6.61 Å². The Morgan fingerprint density at radius 1 is 1.33 bits per heavy atom. The molecular weight excluding hydrogens is 310 g/mol. The highest BCUT2D eigenvalue weighted by molar-refractivity contribution is 5.71. The molecule has 1 amide bonds. The van der Waals surface area contributed by atoms with Crippen LogP contribution < -0.4 is 11.1 Å². The molecule has 0 bridgehead atoms. The standard InChI is InChI=1S/C17H15N3O4/c21-16(23-11-12-5-2-1-3-6-12)18-8-4-7-13-9-14-15(19-10-13)20-17(22)24-14/h1-7,9-10H,8,11H2,(H,18,21)(H,19,20,22). The van der Waals surface area contributed by atoms with Crippen LogP contribution in [0.1, 0.15) is 11.1 Å². The van der Waals surface area contributed by atoms with E-state index in [1.165, 1.54) is 0 Å². The number of hydrogen-bond donors (Lipinski definition) is 2. The summed E-state index contributed by atoms with van der Waals surface area (Å²) in [6.45, 7) is 0.534. The normalized spacial score (nSPS) is 11.0. The number of nitrogens with one attached hydrogen (secondary N) is 2. The van der Waals surface area contributed by atoms with Gasteiger partial charge in [0.15, 0.2) is 11.2 Å². The number of hydrogen-bond acceptors (Lipinski definition) is 5. The van der Waals surface area contributed by atoms with Crippen LogP contribution in [-0.2, 0) is 11.3 Å². The Hall–Kier alpha value is -3.35. The second-order valence-electron chi connectivity index (χ2n) is 4.97. The number of aromatic nitrogens is 2. The topological polar surface area (TPSA) is 97.2 Å². The summed E-state index contributed by atoms with van der Waals surface area (Å²) in [4.78, 5) is 29.2. The smallest absolute Gasteiger partial charge is 0.418 e. The second-order valence-corrected chi connectivity index (χ2v) is 4.97. The predicted molar refractivity (Wildman–Crippen MR) is 88.3 cm³/mol. The molecule has 3 aromatic rings. The summed E-state index contributed by atoms with van der Waals surface area (Å²) in [5.41, 5.74) is 2.47. The van der Waals surface area contributed by atoms with Gasteiger partial charge in [0, 0.05) is 12.7 Å². The number of pyridine rings is 1. The van der Waals surface area contributed by atoms with Crippen molar-refractivity contribution in [1.29, 1.82) is 0 Å². The van der Waals surface area contributed by atoms with Crippen LogP contribution >= 0.6 is 0 Å². The lowest BCUT2D eigenvalue weighted by molar-refractivity contribution is 0.141. The fraction of sp³-hybridized carbons (Fsp3) is 0.118. The third-order valence-corrected chi connectivity index (χ3v) is 3.18. The quantitative estimate of drug-likeness (QED) is 0.751. The number of fused-ring (bicyclic) bond motifs is 1. The third kappa shape index (κ3) is 4.10. The molecule has 1 aromatic carbocycles. The molecule has 2 aromatic heterocycles. The summed E-state index contributed by atoms with van der Waals surface area (Å²) in [6.07, 6.45) is 4.61. The van der Waals surface area contributed by atoms with Crippen LogP contribution in [0.4, 0.5) is 4.79 Å². The molecule has 0 aliphatic rings. The summed E-state index contributed by atoms with van der Waals surface area (Å²) < 4.78 is 10.0. The Morgan fingerprint density at radius 3 is 3.00 bits per heavy atom. The van der Waals surface area contributed by atoms with Crippen molar-refractivity contribution in [2.75, 3.05) is 6.54 Å². The summed E-state index contributed by atoms with van der Waals surface area (Å²) in [5.74, 6) is -0.540. The van der Waals surface area contributed by atoms with Crippen LogP contribution in [0, 0.1) is 0 Å². The first kappa shape index (κ1) is 15.5. The Labute approximate surface area is 137 Å². The van der Waals surface area contributed by atoms with E-state index in [2.05, 4.69) is 15.3 Å². The van der Waals surface area contributed by atoms with Crippen LogP contribution in [0.2, 0.25) is 0 Å². The van der Waals surface area contributed by atoms with Crippen molar-refractivity contribution in [3.8, 4) is 0 Å². The van der Waals surface area contributed by atoms with Crippen molar-refractivity contribution < 1.29 is 13.9 Å². The van der Waals surface area contributed by atoms with E-state index in [1.54, 1.807) is 24.4 Å². The minimum atomic E-state index is -0.540. The molecule has 122 valence electrons. The zero-order chi connectivity index (χ0) is 16.8. The monoisotopic (exact) mass is 325 g/mol. The summed E-state index contributed by atoms with van der Waals surface area (Å²) in [5, 5.41) is 2.62. The molecule has 0 unspecified atom stereocenters. The number of benzene rings is 1. The lowest BCUT2D eigenvalue weighted by Gasteiger charge is -2.05. The van der Waals surface area contributed by atoms with Gasteiger partial charge in [0.2, 0.25) is 0 Å². The molecule has 0 aliphatic heterocycles. The zero-order valence-corrected chi connectivity index (χ0v) is 12.7. The van der Waals surface area contributed by atoms with Gasteiger partial charge in [-0.05, 0) is 17.2 Å². The maximum Gasteiger partial charge on any atom is 0.418 e. The number of ether oxygens (including phenoxy) is 1. The van der Waals surface area contributed by atoms with Crippen molar-refractivity contribution in [2.45, 2.75) is 6.61 Å². The Morgan fingerprint density at radius 2 is 2.17 bits per heavy atom. The number of H-pyrrole nitrogens is 1. The summed E-state index contributed by atoms with van der Waals surface area (Å²) in [7, 11) is 0. The maximum absolute atomic E-state index is 11.6. The van der Waals surface area contributed by atoms with E-state index in [1.807, 2.05) is 30.3 Å². The van der Waals surface area contributed by atoms with Crippen molar-refractivity contribution in [1.82, 2.24) is 15.3 Å². The van der Waals surface area contributed by atoms with Crippen LogP contribution in [0.3, 0.4) is 0 Å². The molecule has 0 atom stereocenters. The van der Waals surface area contributed by atoms with E-state index in [9.17, 15) is 9.59 Å². The zero-order valence-electron chi connectivity index (χ0n) is 12.7. The van der Waals surface area contributed by atoms with E-state index < -0.39 is 11.8 Å². The first-order valence-corrected chi connectivity index (χ1v) is 7.31. The van der Waals surface area contributed by atoms with E-state index >= 15 is 0 Å². The molecule has 2 N–H and O–H groups in total.